The van der Waals surface area contributed by atoms with Crippen LogP contribution in [0.4, 0.5) is 4.39 Å². The Kier molecular flexibility index (Phi) is 4.69. The van der Waals surface area contributed by atoms with Crippen molar-refractivity contribution in [2.75, 3.05) is 26.2 Å². The molecule has 2 unspecified atom stereocenters. The molecule has 3 N–H and O–H groups in total. The van der Waals surface area contributed by atoms with Gasteiger partial charge in [0.15, 0.2) is 0 Å². The highest BCUT2D eigenvalue weighted by Gasteiger charge is 2.29. The number of nitrogens with zero attached hydrogens (tertiary/aromatic N) is 1. The summed E-state index contributed by atoms with van der Waals surface area (Å²) in [6.45, 7) is 2.48. The minimum absolute atomic E-state index is 0.0464. The van der Waals surface area contributed by atoms with Crippen LogP contribution in [-0.4, -0.2) is 36.2 Å². The molecule has 0 aromatic heterocycles. The van der Waals surface area contributed by atoms with Gasteiger partial charge in [-0.25, -0.2) is 4.39 Å². The first-order valence-corrected chi connectivity index (χ1v) is 6.55. The monoisotopic (exact) mass is 252 g/mol. The predicted molar refractivity (Wildman–Crippen MR) is 69.6 cm³/mol. The average molecular weight is 252 g/mol. The molecule has 2 rings (SSSR count). The smallest absolute Gasteiger partial charge is 0.128 e. The van der Waals surface area contributed by atoms with Crippen molar-refractivity contribution >= 4 is 0 Å². The van der Waals surface area contributed by atoms with Crippen LogP contribution in [0.3, 0.4) is 0 Å². The Morgan fingerprint density at radius 1 is 1.44 bits per heavy atom. The molecule has 0 spiro atoms. The second kappa shape index (κ2) is 6.27. The highest BCUT2D eigenvalue weighted by molar-refractivity contribution is 5.22. The van der Waals surface area contributed by atoms with Crippen LogP contribution in [0.1, 0.15) is 24.4 Å². The van der Waals surface area contributed by atoms with Gasteiger partial charge in [-0.05, 0) is 31.4 Å². The largest absolute Gasteiger partial charge is 0.396 e. The summed E-state index contributed by atoms with van der Waals surface area (Å²) in [6.07, 6.45) is 1.89. The van der Waals surface area contributed by atoms with Crippen molar-refractivity contribution in [3.05, 3.63) is 35.6 Å². The summed E-state index contributed by atoms with van der Waals surface area (Å²) >= 11 is 0. The molecule has 18 heavy (non-hydrogen) atoms. The predicted octanol–water partition coefficient (Wildman–Crippen LogP) is 1.53. The molecule has 0 saturated carbocycles. The van der Waals surface area contributed by atoms with E-state index < -0.39 is 0 Å². The number of halogens is 1. The van der Waals surface area contributed by atoms with Crippen LogP contribution < -0.4 is 5.73 Å². The van der Waals surface area contributed by atoms with E-state index in [2.05, 4.69) is 4.90 Å². The summed E-state index contributed by atoms with van der Waals surface area (Å²) in [5, 5.41) is 8.97. The Hall–Kier alpha value is -0.970. The van der Waals surface area contributed by atoms with E-state index in [1.807, 2.05) is 12.1 Å². The number of likely N-dealkylation sites (tertiary alicyclic amines) is 1. The van der Waals surface area contributed by atoms with Gasteiger partial charge in [-0.15, -0.1) is 0 Å². The average Bonchev–Trinajstić information content (AvgIpc) is 2.82. The van der Waals surface area contributed by atoms with Crippen molar-refractivity contribution < 1.29 is 9.50 Å². The van der Waals surface area contributed by atoms with Gasteiger partial charge in [0.2, 0.25) is 0 Å². The van der Waals surface area contributed by atoms with E-state index in [4.69, 9.17) is 10.8 Å². The van der Waals surface area contributed by atoms with Crippen LogP contribution in [0, 0.1) is 11.7 Å². The third-order valence-corrected chi connectivity index (χ3v) is 3.78. The molecule has 1 aromatic carbocycles. The Morgan fingerprint density at radius 2 is 2.22 bits per heavy atom. The lowest BCUT2D eigenvalue weighted by Gasteiger charge is -2.27. The Balaban J connectivity index is 2.08. The van der Waals surface area contributed by atoms with Gasteiger partial charge in [0.05, 0.1) is 0 Å². The molecule has 0 amide bonds. The first-order valence-electron chi connectivity index (χ1n) is 6.55. The molecule has 1 aliphatic heterocycles. The van der Waals surface area contributed by atoms with Crippen LogP contribution in [0.2, 0.25) is 0 Å². The normalized spacial score (nSPS) is 22.3. The van der Waals surface area contributed by atoms with E-state index >= 15 is 0 Å². The van der Waals surface area contributed by atoms with Crippen LogP contribution in [0.15, 0.2) is 24.3 Å². The van der Waals surface area contributed by atoms with Gasteiger partial charge in [-0.2, -0.15) is 0 Å². The van der Waals surface area contributed by atoms with Gasteiger partial charge in [0.1, 0.15) is 5.82 Å². The lowest BCUT2D eigenvalue weighted by Crippen LogP contribution is -2.32. The van der Waals surface area contributed by atoms with Crippen LogP contribution in [0.5, 0.6) is 0 Å². The van der Waals surface area contributed by atoms with E-state index in [1.165, 1.54) is 6.07 Å². The second-order valence-corrected chi connectivity index (χ2v) is 4.93. The number of aliphatic hydroxyl groups is 1. The number of rotatable bonds is 5. The molecule has 1 fully saturated rings. The molecule has 100 valence electrons. The second-order valence-electron chi connectivity index (χ2n) is 4.93. The lowest BCUT2D eigenvalue weighted by atomic mass is 10.0. The zero-order chi connectivity index (χ0) is 13.0. The Morgan fingerprint density at radius 3 is 2.89 bits per heavy atom. The third kappa shape index (κ3) is 2.88. The van der Waals surface area contributed by atoms with Gasteiger partial charge >= 0.3 is 0 Å². The van der Waals surface area contributed by atoms with E-state index in [9.17, 15) is 4.39 Å². The fourth-order valence-corrected chi connectivity index (χ4v) is 2.78. The molecule has 4 heteroatoms. The number of hydrogen-bond donors (Lipinski definition) is 2. The van der Waals surface area contributed by atoms with Crippen LogP contribution in [-0.2, 0) is 0 Å². The molecule has 0 bridgehead atoms. The standard InChI is InChI=1S/C14H21FN2O/c15-13-4-2-1-3-12(13)14(9-16)17-7-5-11(10-17)6-8-18/h1-4,11,14,18H,5-10,16H2. The van der Waals surface area contributed by atoms with Crippen molar-refractivity contribution in [3.63, 3.8) is 0 Å². The first-order chi connectivity index (χ1) is 8.76. The number of nitrogens with two attached hydrogens (primary N) is 1. The van der Waals surface area contributed by atoms with Gasteiger partial charge in [0.25, 0.3) is 0 Å². The molecular formula is C14H21FN2O. The minimum atomic E-state index is -0.182. The Bertz CT molecular complexity index is 386. The maximum Gasteiger partial charge on any atom is 0.128 e. The molecule has 2 atom stereocenters. The van der Waals surface area contributed by atoms with Gasteiger partial charge in [-0.3, -0.25) is 4.90 Å². The summed E-state index contributed by atoms with van der Waals surface area (Å²) in [6, 6.07) is 6.80. The fourth-order valence-electron chi connectivity index (χ4n) is 2.78. The van der Waals surface area contributed by atoms with Crippen molar-refractivity contribution in [3.8, 4) is 0 Å². The minimum Gasteiger partial charge on any atom is -0.396 e. The van der Waals surface area contributed by atoms with Crippen molar-refractivity contribution in [1.29, 1.82) is 0 Å². The van der Waals surface area contributed by atoms with Gasteiger partial charge in [0, 0.05) is 31.3 Å². The third-order valence-electron chi connectivity index (χ3n) is 3.78. The maximum absolute atomic E-state index is 13.8. The first kappa shape index (κ1) is 13.5. The van der Waals surface area contributed by atoms with Gasteiger partial charge < -0.3 is 10.8 Å². The molecule has 1 heterocycles. The zero-order valence-corrected chi connectivity index (χ0v) is 10.6. The maximum atomic E-state index is 13.8. The van der Waals surface area contributed by atoms with E-state index in [-0.39, 0.29) is 18.5 Å². The SMILES string of the molecule is NCC(c1ccccc1F)N1CCC(CCO)C1. The van der Waals surface area contributed by atoms with E-state index in [0.29, 0.717) is 18.0 Å². The molecule has 1 aliphatic rings. The highest BCUT2D eigenvalue weighted by Crippen LogP contribution is 2.29. The number of hydrogen-bond acceptors (Lipinski definition) is 3. The summed E-state index contributed by atoms with van der Waals surface area (Å²) < 4.78 is 13.8. The van der Waals surface area contributed by atoms with Crippen LogP contribution >= 0.6 is 0 Å². The summed E-state index contributed by atoms with van der Waals surface area (Å²) in [5.74, 6) is 0.328. The van der Waals surface area contributed by atoms with Crippen molar-refractivity contribution in [1.82, 2.24) is 4.90 Å². The van der Waals surface area contributed by atoms with E-state index in [1.54, 1.807) is 6.07 Å². The van der Waals surface area contributed by atoms with Crippen molar-refractivity contribution in [2.24, 2.45) is 11.7 Å². The summed E-state index contributed by atoms with van der Waals surface area (Å²) in [7, 11) is 0. The number of aliphatic hydroxyl groups excluding tert-OH is 1. The van der Waals surface area contributed by atoms with Crippen molar-refractivity contribution in [2.45, 2.75) is 18.9 Å². The molecule has 0 aliphatic carbocycles. The zero-order valence-electron chi connectivity index (χ0n) is 10.6. The lowest BCUT2D eigenvalue weighted by molar-refractivity contribution is 0.219. The summed E-state index contributed by atoms with van der Waals surface area (Å²) in [5.41, 5.74) is 6.50. The molecule has 3 nitrogen and oxygen atoms in total. The number of benzene rings is 1. The molecule has 1 saturated heterocycles. The fraction of sp³-hybridized carbons (Fsp3) is 0.571. The van der Waals surface area contributed by atoms with Crippen LogP contribution in [0.25, 0.3) is 0 Å². The molecule has 0 radical (unpaired) electrons. The topological polar surface area (TPSA) is 49.5 Å². The van der Waals surface area contributed by atoms with E-state index in [0.717, 1.165) is 25.9 Å². The quantitative estimate of drug-likeness (QED) is 0.835. The molecular weight excluding hydrogens is 231 g/mol. The molecule has 1 aromatic rings. The Labute approximate surface area is 107 Å². The van der Waals surface area contributed by atoms with Gasteiger partial charge in [-0.1, -0.05) is 18.2 Å². The highest BCUT2D eigenvalue weighted by atomic mass is 19.1. The summed E-state index contributed by atoms with van der Waals surface area (Å²) in [4.78, 5) is 2.23.